The molecule has 2 heterocycles. The standard InChI is InChI=1S/C21H17NO4/c1-11-19-13(6-7-16(23-2)21(19)24-3)14-5-4-12-8-17-18(26-10-25-17)9-15(12)20(14)22-11/h4-9H,10H2,1-3H3. The Labute approximate surface area is 150 Å². The van der Waals surface area contributed by atoms with E-state index in [2.05, 4.69) is 18.2 Å². The normalized spacial score (nSPS) is 12.9. The van der Waals surface area contributed by atoms with Crippen LogP contribution in [0, 0.1) is 6.92 Å². The van der Waals surface area contributed by atoms with Crippen molar-refractivity contribution in [2.24, 2.45) is 0 Å². The third kappa shape index (κ3) is 1.94. The number of aromatic nitrogens is 1. The zero-order valence-corrected chi connectivity index (χ0v) is 14.8. The molecule has 1 aliphatic rings. The summed E-state index contributed by atoms with van der Waals surface area (Å²) in [4.78, 5) is 4.91. The minimum absolute atomic E-state index is 0.260. The third-order valence-electron chi connectivity index (χ3n) is 4.96. The molecule has 5 rings (SSSR count). The van der Waals surface area contributed by atoms with Crippen LogP contribution in [0.15, 0.2) is 36.4 Å². The van der Waals surface area contributed by atoms with Crippen molar-refractivity contribution < 1.29 is 18.9 Å². The van der Waals surface area contributed by atoms with E-state index in [1.54, 1.807) is 14.2 Å². The van der Waals surface area contributed by atoms with Crippen molar-refractivity contribution in [3.63, 3.8) is 0 Å². The van der Waals surface area contributed by atoms with Crippen LogP contribution < -0.4 is 18.9 Å². The van der Waals surface area contributed by atoms with E-state index < -0.39 is 0 Å². The molecule has 0 radical (unpaired) electrons. The van der Waals surface area contributed by atoms with E-state index >= 15 is 0 Å². The Bertz CT molecular complexity index is 1200. The molecule has 0 unspecified atom stereocenters. The highest BCUT2D eigenvalue weighted by Crippen LogP contribution is 2.43. The summed E-state index contributed by atoms with van der Waals surface area (Å²) in [6.07, 6.45) is 0. The van der Waals surface area contributed by atoms with Crippen LogP contribution in [0.3, 0.4) is 0 Å². The molecule has 4 aromatic rings. The van der Waals surface area contributed by atoms with Gasteiger partial charge in [0.05, 0.1) is 19.7 Å². The van der Waals surface area contributed by atoms with Crippen molar-refractivity contribution in [1.29, 1.82) is 0 Å². The van der Waals surface area contributed by atoms with Crippen molar-refractivity contribution in [2.45, 2.75) is 6.92 Å². The smallest absolute Gasteiger partial charge is 0.231 e. The number of fused-ring (bicyclic) bond motifs is 6. The first-order valence-electron chi connectivity index (χ1n) is 8.38. The van der Waals surface area contributed by atoms with Gasteiger partial charge in [-0.05, 0) is 42.0 Å². The van der Waals surface area contributed by atoms with Crippen LogP contribution in [-0.4, -0.2) is 26.0 Å². The molecule has 130 valence electrons. The van der Waals surface area contributed by atoms with Crippen LogP contribution in [0.5, 0.6) is 23.0 Å². The molecule has 1 aromatic heterocycles. The van der Waals surface area contributed by atoms with Gasteiger partial charge >= 0.3 is 0 Å². The molecule has 0 saturated carbocycles. The van der Waals surface area contributed by atoms with Gasteiger partial charge < -0.3 is 18.9 Å². The number of hydrogen-bond donors (Lipinski definition) is 0. The molecule has 0 amide bonds. The largest absolute Gasteiger partial charge is 0.493 e. The maximum Gasteiger partial charge on any atom is 0.231 e. The summed E-state index contributed by atoms with van der Waals surface area (Å²) in [6, 6.07) is 12.2. The Morgan fingerprint density at radius 2 is 1.65 bits per heavy atom. The number of aryl methyl sites for hydroxylation is 1. The quantitative estimate of drug-likeness (QED) is 0.496. The van der Waals surface area contributed by atoms with Gasteiger partial charge in [-0.25, -0.2) is 0 Å². The Balaban J connectivity index is 1.94. The average Bonchev–Trinajstić information content (AvgIpc) is 3.12. The summed E-state index contributed by atoms with van der Waals surface area (Å²) >= 11 is 0. The molecule has 1 aliphatic heterocycles. The molecule has 5 nitrogen and oxygen atoms in total. The molecule has 0 spiro atoms. The van der Waals surface area contributed by atoms with E-state index in [0.29, 0.717) is 11.5 Å². The molecule has 3 aromatic carbocycles. The van der Waals surface area contributed by atoms with Crippen molar-refractivity contribution in [3.05, 3.63) is 42.1 Å². The molecule has 5 heteroatoms. The van der Waals surface area contributed by atoms with Gasteiger partial charge in [0, 0.05) is 21.9 Å². The number of benzene rings is 3. The highest BCUT2D eigenvalue weighted by molar-refractivity contribution is 6.17. The fourth-order valence-corrected chi connectivity index (χ4v) is 3.77. The second kappa shape index (κ2) is 5.39. The first-order chi connectivity index (χ1) is 12.7. The van der Waals surface area contributed by atoms with Crippen LogP contribution in [0.1, 0.15) is 5.69 Å². The van der Waals surface area contributed by atoms with Gasteiger partial charge in [0.15, 0.2) is 23.0 Å². The topological polar surface area (TPSA) is 49.8 Å². The number of pyridine rings is 1. The van der Waals surface area contributed by atoms with Gasteiger partial charge in [-0.3, -0.25) is 4.98 Å². The summed E-state index contributed by atoms with van der Waals surface area (Å²) in [6.45, 7) is 2.26. The lowest BCUT2D eigenvalue weighted by molar-refractivity contribution is 0.174. The second-order valence-electron chi connectivity index (χ2n) is 6.31. The van der Waals surface area contributed by atoms with Crippen LogP contribution in [0.4, 0.5) is 0 Å². The summed E-state index contributed by atoms with van der Waals surface area (Å²) in [7, 11) is 3.30. The highest BCUT2D eigenvalue weighted by Gasteiger charge is 2.19. The Hall–Kier alpha value is -3.21. The summed E-state index contributed by atoms with van der Waals surface area (Å²) in [5.41, 5.74) is 1.84. The monoisotopic (exact) mass is 347 g/mol. The molecule has 0 bridgehead atoms. The molecule has 0 fully saturated rings. The summed E-state index contributed by atoms with van der Waals surface area (Å²) < 4.78 is 22.1. The molecule has 0 atom stereocenters. The average molecular weight is 347 g/mol. The second-order valence-corrected chi connectivity index (χ2v) is 6.31. The number of methoxy groups -OCH3 is 2. The number of hydrogen-bond acceptors (Lipinski definition) is 5. The van der Waals surface area contributed by atoms with Gasteiger partial charge in [0.1, 0.15) is 0 Å². The van der Waals surface area contributed by atoms with Gasteiger partial charge in [-0.1, -0.05) is 12.1 Å². The minimum Gasteiger partial charge on any atom is -0.493 e. The van der Waals surface area contributed by atoms with E-state index in [1.165, 1.54) is 0 Å². The lowest BCUT2D eigenvalue weighted by Crippen LogP contribution is -1.96. The van der Waals surface area contributed by atoms with Crippen molar-refractivity contribution in [3.8, 4) is 23.0 Å². The molecule has 0 N–H and O–H groups in total. The number of ether oxygens (including phenoxy) is 4. The zero-order valence-electron chi connectivity index (χ0n) is 14.8. The first kappa shape index (κ1) is 15.1. The van der Waals surface area contributed by atoms with Gasteiger partial charge in [0.25, 0.3) is 0 Å². The summed E-state index contributed by atoms with van der Waals surface area (Å²) in [5, 5.41) is 5.25. The third-order valence-corrected chi connectivity index (χ3v) is 4.96. The SMILES string of the molecule is COc1ccc2c(c(C)nc3c4cc5c(cc4ccc23)OCO5)c1OC. The Morgan fingerprint density at radius 3 is 2.42 bits per heavy atom. The van der Waals surface area contributed by atoms with Crippen molar-refractivity contribution in [1.82, 2.24) is 4.98 Å². The van der Waals surface area contributed by atoms with E-state index in [4.69, 9.17) is 23.9 Å². The van der Waals surface area contributed by atoms with E-state index in [0.717, 1.165) is 49.6 Å². The van der Waals surface area contributed by atoms with Crippen molar-refractivity contribution in [2.75, 3.05) is 21.0 Å². The molecular weight excluding hydrogens is 330 g/mol. The van der Waals surface area contributed by atoms with E-state index in [-0.39, 0.29) is 6.79 Å². The van der Waals surface area contributed by atoms with E-state index in [9.17, 15) is 0 Å². The van der Waals surface area contributed by atoms with Gasteiger partial charge in [-0.15, -0.1) is 0 Å². The predicted molar refractivity (Wildman–Crippen MR) is 101 cm³/mol. The van der Waals surface area contributed by atoms with Crippen LogP contribution >= 0.6 is 0 Å². The van der Waals surface area contributed by atoms with Crippen LogP contribution in [0.25, 0.3) is 32.4 Å². The van der Waals surface area contributed by atoms with Crippen LogP contribution in [-0.2, 0) is 0 Å². The minimum atomic E-state index is 0.260. The molecule has 0 saturated heterocycles. The lowest BCUT2D eigenvalue weighted by Gasteiger charge is -2.15. The van der Waals surface area contributed by atoms with Gasteiger partial charge in [-0.2, -0.15) is 0 Å². The predicted octanol–water partition coefficient (Wildman–Crippen LogP) is 4.60. The first-order valence-corrected chi connectivity index (χ1v) is 8.38. The summed E-state index contributed by atoms with van der Waals surface area (Å²) in [5.74, 6) is 2.95. The number of rotatable bonds is 2. The molecular formula is C21H17NO4. The molecule has 0 aliphatic carbocycles. The lowest BCUT2D eigenvalue weighted by atomic mass is 9.99. The van der Waals surface area contributed by atoms with Crippen molar-refractivity contribution >= 4 is 32.4 Å². The van der Waals surface area contributed by atoms with Crippen LogP contribution in [0.2, 0.25) is 0 Å². The maximum atomic E-state index is 5.63. The van der Waals surface area contributed by atoms with E-state index in [1.807, 2.05) is 25.1 Å². The molecule has 26 heavy (non-hydrogen) atoms. The zero-order chi connectivity index (χ0) is 17.8. The maximum absolute atomic E-state index is 5.63. The Morgan fingerprint density at radius 1 is 0.885 bits per heavy atom. The number of nitrogens with zero attached hydrogens (tertiary/aromatic N) is 1. The fraction of sp³-hybridized carbons (Fsp3) is 0.190. The van der Waals surface area contributed by atoms with Gasteiger partial charge in [0.2, 0.25) is 6.79 Å². The highest BCUT2D eigenvalue weighted by atomic mass is 16.7. The fourth-order valence-electron chi connectivity index (χ4n) is 3.77. The Kier molecular flexibility index (Phi) is 3.13.